The first kappa shape index (κ1) is 29.3. The van der Waals surface area contributed by atoms with Gasteiger partial charge in [-0.3, -0.25) is 10.1 Å². The number of benzene rings is 3. The van der Waals surface area contributed by atoms with Crippen LogP contribution in [-0.2, 0) is 31.2 Å². The van der Waals surface area contributed by atoms with Gasteiger partial charge in [-0.1, -0.05) is 35.9 Å². The van der Waals surface area contributed by atoms with Crippen molar-refractivity contribution in [2.75, 3.05) is 0 Å². The van der Waals surface area contributed by atoms with Gasteiger partial charge in [-0.2, -0.15) is 4.31 Å². The average molecular weight is 612 g/mol. The highest BCUT2D eigenvalue weighted by Gasteiger charge is 2.44. The van der Waals surface area contributed by atoms with Gasteiger partial charge in [0.1, 0.15) is 5.60 Å². The van der Waals surface area contributed by atoms with Crippen LogP contribution in [0.5, 0.6) is 0 Å². The average Bonchev–Trinajstić information content (AvgIpc) is 3.53. The van der Waals surface area contributed by atoms with Crippen molar-refractivity contribution in [2.24, 2.45) is 0 Å². The van der Waals surface area contributed by atoms with Crippen LogP contribution < -0.4 is 0 Å². The summed E-state index contributed by atoms with van der Waals surface area (Å²) in [5.41, 5.74) is 0.766. The smallest absolute Gasteiger partial charge is 0.424 e. The Morgan fingerprint density at radius 3 is 2.31 bits per heavy atom. The summed E-state index contributed by atoms with van der Waals surface area (Å²) >= 11 is 0. The van der Waals surface area contributed by atoms with Gasteiger partial charge >= 0.3 is 6.09 Å². The lowest BCUT2D eigenvalue weighted by Gasteiger charge is -2.31. The Hall–Kier alpha value is -4.23. The number of para-hydroxylation sites is 1. The van der Waals surface area contributed by atoms with Gasteiger partial charge in [0.2, 0.25) is 0 Å². The fraction of sp³-hybridized carbons (Fsp3) is 0.276. The summed E-state index contributed by atoms with van der Waals surface area (Å²) in [5.74, 6) is 0. The Kier molecular flexibility index (Phi) is 7.14. The number of aromatic nitrogens is 1. The van der Waals surface area contributed by atoms with E-state index in [9.17, 15) is 31.7 Å². The fourth-order valence-electron chi connectivity index (χ4n) is 5.21. The number of carbonyl (C=O) groups is 1. The number of ether oxygens (including phenoxy) is 1. The highest BCUT2D eigenvalue weighted by atomic mass is 32.2. The maximum absolute atomic E-state index is 14.0. The first-order valence-electron chi connectivity index (χ1n) is 13.1. The van der Waals surface area contributed by atoms with Crippen molar-refractivity contribution >= 4 is 42.7 Å². The second-order valence-corrected chi connectivity index (χ2v) is 14.7. The summed E-state index contributed by atoms with van der Waals surface area (Å²) < 4.78 is 62.1. The molecular weight excluding hydrogens is 582 g/mol. The number of nitrogens with zero attached hydrogens (tertiary/aromatic N) is 3. The summed E-state index contributed by atoms with van der Waals surface area (Å²) in [6, 6.07) is 15.1. The van der Waals surface area contributed by atoms with Crippen molar-refractivity contribution < 1.29 is 31.3 Å². The third-order valence-corrected chi connectivity index (χ3v) is 10.6. The topological polar surface area (TPSA) is 146 Å². The number of fused-ring (bicyclic) bond motifs is 3. The van der Waals surface area contributed by atoms with Crippen LogP contribution in [0, 0.1) is 17.0 Å². The molecule has 1 aromatic heterocycles. The molecule has 0 radical (unpaired) electrons. The Morgan fingerprint density at radius 1 is 1.00 bits per heavy atom. The van der Waals surface area contributed by atoms with Crippen LogP contribution in [0.25, 0.3) is 10.9 Å². The quantitative estimate of drug-likeness (QED) is 0.199. The van der Waals surface area contributed by atoms with Crippen molar-refractivity contribution in [3.05, 3.63) is 99.7 Å². The second kappa shape index (κ2) is 10.2. The van der Waals surface area contributed by atoms with Gasteiger partial charge in [0.25, 0.3) is 25.7 Å². The number of aryl methyl sites for hydroxylation is 2. The first-order valence-corrected chi connectivity index (χ1v) is 16.0. The fourth-order valence-corrected chi connectivity index (χ4v) is 8.21. The number of hydrogen-bond donors (Lipinski definition) is 0. The lowest BCUT2D eigenvalue weighted by molar-refractivity contribution is -0.387. The summed E-state index contributed by atoms with van der Waals surface area (Å²) in [6.07, 6.45) is 0.780. The Labute approximate surface area is 243 Å². The second-order valence-electron chi connectivity index (χ2n) is 11.1. The molecule has 11 nitrogen and oxygen atoms in total. The number of hydrogen-bond acceptors (Lipinski definition) is 8. The zero-order valence-corrected chi connectivity index (χ0v) is 25.0. The van der Waals surface area contributed by atoms with Crippen LogP contribution >= 0.6 is 0 Å². The van der Waals surface area contributed by atoms with E-state index in [2.05, 4.69) is 0 Å². The van der Waals surface area contributed by atoms with E-state index < -0.39 is 53.3 Å². The summed E-state index contributed by atoms with van der Waals surface area (Å²) in [7, 11) is -8.69. The predicted octanol–water partition coefficient (Wildman–Crippen LogP) is 5.71. The molecule has 1 aliphatic rings. The number of rotatable bonds is 6. The SMILES string of the molecule is Cc1ccc(S(=O)(=O)n2ccc3c4c(ccc32)C(N(C(=O)OC(C)(C)C)S(=O)(=O)c2ccccc2[N+](=O)[O-])CC4)cc1. The summed E-state index contributed by atoms with van der Waals surface area (Å²) in [5, 5.41) is 12.3. The van der Waals surface area contributed by atoms with E-state index in [0.717, 1.165) is 17.7 Å². The van der Waals surface area contributed by atoms with Gasteiger partial charge < -0.3 is 4.74 Å². The van der Waals surface area contributed by atoms with E-state index in [1.54, 1.807) is 51.1 Å². The molecule has 220 valence electrons. The highest BCUT2D eigenvalue weighted by molar-refractivity contribution is 7.90. The zero-order valence-electron chi connectivity index (χ0n) is 23.3. The minimum absolute atomic E-state index is 0.121. The van der Waals surface area contributed by atoms with Crippen molar-refractivity contribution in [1.82, 2.24) is 8.28 Å². The Balaban J connectivity index is 1.64. The van der Waals surface area contributed by atoms with Crippen LogP contribution in [0.2, 0.25) is 0 Å². The third-order valence-electron chi connectivity index (χ3n) is 7.04. The van der Waals surface area contributed by atoms with Gasteiger partial charge in [0.05, 0.1) is 21.4 Å². The number of nitro groups is 1. The van der Waals surface area contributed by atoms with Crippen molar-refractivity contribution in [1.29, 1.82) is 0 Å². The molecule has 0 fully saturated rings. The number of amides is 1. The molecule has 0 saturated heterocycles. The maximum Gasteiger partial charge on any atom is 0.424 e. The molecule has 42 heavy (non-hydrogen) atoms. The summed E-state index contributed by atoms with van der Waals surface area (Å²) in [6.45, 7) is 6.62. The van der Waals surface area contributed by atoms with E-state index in [1.807, 2.05) is 6.92 Å². The molecule has 5 rings (SSSR count). The molecule has 0 saturated carbocycles. The molecule has 1 aliphatic carbocycles. The molecule has 4 aromatic rings. The molecule has 1 unspecified atom stereocenters. The van der Waals surface area contributed by atoms with Gasteiger partial charge in [0, 0.05) is 17.6 Å². The molecule has 13 heteroatoms. The van der Waals surface area contributed by atoms with Gasteiger partial charge in [-0.15, -0.1) is 0 Å². The lowest BCUT2D eigenvalue weighted by Crippen LogP contribution is -2.42. The Morgan fingerprint density at radius 2 is 1.67 bits per heavy atom. The Bertz CT molecular complexity index is 1940. The van der Waals surface area contributed by atoms with Gasteiger partial charge in [0.15, 0.2) is 4.90 Å². The molecule has 0 bridgehead atoms. The molecular formula is C29H29N3O8S2. The predicted molar refractivity (Wildman–Crippen MR) is 155 cm³/mol. The minimum atomic E-state index is -4.77. The van der Waals surface area contributed by atoms with Crippen molar-refractivity contribution in [3.8, 4) is 0 Å². The van der Waals surface area contributed by atoms with E-state index in [1.165, 1.54) is 34.4 Å². The molecule has 3 aromatic carbocycles. The maximum atomic E-state index is 14.0. The highest BCUT2D eigenvalue weighted by Crippen LogP contribution is 2.44. The van der Waals surface area contributed by atoms with Crippen molar-refractivity contribution in [2.45, 2.75) is 62.0 Å². The summed E-state index contributed by atoms with van der Waals surface area (Å²) in [4.78, 5) is 23.9. The first-order chi connectivity index (χ1) is 19.6. The van der Waals surface area contributed by atoms with Crippen LogP contribution in [0.15, 0.2) is 82.7 Å². The van der Waals surface area contributed by atoms with E-state index in [0.29, 0.717) is 32.8 Å². The number of carbonyl (C=O) groups excluding carboxylic acids is 1. The number of sulfonamides is 1. The molecule has 1 amide bonds. The molecule has 1 heterocycles. The normalized spacial score (nSPS) is 15.4. The van der Waals surface area contributed by atoms with Crippen molar-refractivity contribution in [3.63, 3.8) is 0 Å². The zero-order chi connectivity index (χ0) is 30.6. The van der Waals surface area contributed by atoms with Crippen LogP contribution in [0.4, 0.5) is 10.5 Å². The van der Waals surface area contributed by atoms with E-state index in [4.69, 9.17) is 4.74 Å². The van der Waals surface area contributed by atoms with E-state index >= 15 is 0 Å². The molecule has 0 spiro atoms. The largest absolute Gasteiger partial charge is 0.443 e. The monoisotopic (exact) mass is 611 g/mol. The number of nitro benzene ring substituents is 1. The molecule has 1 atom stereocenters. The standard InChI is InChI=1S/C29H29N3O8S2/c1-19-9-11-20(12-10-19)41(36,37)30-18-17-23-21-13-16-25(22(21)14-15-24(23)30)31(28(33)40-29(2,3)4)42(38,39)27-8-6-5-7-26(27)32(34)35/h5-12,14-15,17-18,25H,13,16H2,1-4H3. The van der Waals surface area contributed by atoms with Crippen LogP contribution in [-0.4, -0.2) is 41.7 Å². The van der Waals surface area contributed by atoms with Gasteiger partial charge in [-0.25, -0.2) is 25.6 Å². The van der Waals surface area contributed by atoms with Gasteiger partial charge in [-0.05, 0) is 82.0 Å². The van der Waals surface area contributed by atoms with Crippen LogP contribution in [0.1, 0.15) is 49.9 Å². The van der Waals surface area contributed by atoms with E-state index in [-0.39, 0.29) is 11.3 Å². The van der Waals surface area contributed by atoms with Crippen LogP contribution in [0.3, 0.4) is 0 Å². The molecule has 0 N–H and O–H groups in total. The third kappa shape index (κ3) is 5.02. The molecule has 0 aliphatic heterocycles. The minimum Gasteiger partial charge on any atom is -0.443 e. The lowest BCUT2D eigenvalue weighted by atomic mass is 10.0.